The molecule has 1 spiro atoms. The second-order valence-electron chi connectivity index (χ2n) is 12.8. The van der Waals surface area contributed by atoms with Gasteiger partial charge in [-0.05, 0) is 127 Å². The molecule has 3 fully saturated rings. The summed E-state index contributed by atoms with van der Waals surface area (Å²) >= 11 is 9.27. The van der Waals surface area contributed by atoms with Gasteiger partial charge in [0.05, 0.1) is 0 Å². The smallest absolute Gasteiger partial charge is 0.00953 e. The standard InChI is InChI=1S/C32H52S2/c1-4-8-25-9-6-11-28(19-25)30-23-31(30,14-5-2)21-27(13-17-34)18-24(3)29-22-32(29)15-7-10-26(20-32)12-16-33/h6,9,11,19,24,26-27,29-30,33-34H,4-5,7-8,10,12-18,20-23H2,1-3H3. The Hall–Kier alpha value is -0.0800. The van der Waals surface area contributed by atoms with Gasteiger partial charge in [-0.3, -0.25) is 0 Å². The lowest BCUT2D eigenvalue weighted by atomic mass is 9.73. The lowest BCUT2D eigenvalue weighted by Gasteiger charge is -2.32. The van der Waals surface area contributed by atoms with Crippen molar-refractivity contribution in [2.75, 3.05) is 11.5 Å². The molecule has 0 bridgehead atoms. The molecule has 7 unspecified atom stereocenters. The molecule has 1 aromatic carbocycles. The van der Waals surface area contributed by atoms with E-state index in [1.54, 1.807) is 11.1 Å². The molecule has 0 aliphatic heterocycles. The average molecular weight is 501 g/mol. The molecule has 0 aromatic heterocycles. The maximum absolute atomic E-state index is 4.72. The lowest BCUT2D eigenvalue weighted by molar-refractivity contribution is 0.192. The van der Waals surface area contributed by atoms with E-state index in [2.05, 4.69) is 57.7 Å². The number of thiol groups is 2. The molecule has 0 N–H and O–H groups in total. The minimum atomic E-state index is 0.566. The first-order valence-corrected chi connectivity index (χ1v) is 16.1. The topological polar surface area (TPSA) is 0 Å². The molecule has 3 aliphatic carbocycles. The molecule has 0 saturated heterocycles. The second kappa shape index (κ2) is 12.0. The summed E-state index contributed by atoms with van der Waals surface area (Å²) in [6.45, 7) is 7.31. The monoisotopic (exact) mass is 500 g/mol. The summed E-state index contributed by atoms with van der Waals surface area (Å²) in [7, 11) is 0. The molecule has 0 nitrogen and oxygen atoms in total. The molecule has 3 saturated carbocycles. The van der Waals surface area contributed by atoms with Crippen LogP contribution in [0.2, 0.25) is 0 Å². The Balaban J connectivity index is 1.38. The van der Waals surface area contributed by atoms with Crippen molar-refractivity contribution in [3.05, 3.63) is 35.4 Å². The van der Waals surface area contributed by atoms with E-state index in [1.807, 2.05) is 0 Å². The van der Waals surface area contributed by atoms with E-state index in [4.69, 9.17) is 12.6 Å². The van der Waals surface area contributed by atoms with Crippen LogP contribution in [-0.4, -0.2) is 11.5 Å². The second-order valence-corrected chi connectivity index (χ2v) is 13.7. The molecule has 1 aromatic rings. The molecule has 34 heavy (non-hydrogen) atoms. The fourth-order valence-corrected chi connectivity index (χ4v) is 9.31. The van der Waals surface area contributed by atoms with Crippen LogP contribution in [0.5, 0.6) is 0 Å². The SMILES string of the molecule is CCCc1cccc(C2CC2(CCC)CC(CCS)CC(C)C2CC23CCCC(CCS)C3)c1. The van der Waals surface area contributed by atoms with E-state index in [0.717, 1.165) is 46.5 Å². The highest BCUT2D eigenvalue weighted by atomic mass is 32.1. The Kier molecular flexibility index (Phi) is 9.50. The fraction of sp³-hybridized carbons (Fsp3) is 0.812. The number of hydrogen-bond donors (Lipinski definition) is 2. The first kappa shape index (κ1) is 27.0. The van der Waals surface area contributed by atoms with Crippen LogP contribution < -0.4 is 0 Å². The molecule has 4 rings (SSSR count). The Morgan fingerprint density at radius 2 is 1.91 bits per heavy atom. The third-order valence-electron chi connectivity index (χ3n) is 10.2. The average Bonchev–Trinajstić information content (AvgIpc) is 3.70. The highest BCUT2D eigenvalue weighted by Gasteiger charge is 2.58. The zero-order valence-corrected chi connectivity index (χ0v) is 24.2. The van der Waals surface area contributed by atoms with Gasteiger partial charge < -0.3 is 0 Å². The number of aryl methyl sites for hydroxylation is 1. The van der Waals surface area contributed by atoms with E-state index in [-0.39, 0.29) is 0 Å². The summed E-state index contributed by atoms with van der Waals surface area (Å²) in [6.07, 6.45) is 19.6. The lowest BCUT2D eigenvalue weighted by Crippen LogP contribution is -2.22. The van der Waals surface area contributed by atoms with Crippen LogP contribution >= 0.6 is 25.3 Å². The quantitative estimate of drug-likeness (QED) is 0.233. The summed E-state index contributed by atoms with van der Waals surface area (Å²) in [5, 5.41) is 0. The van der Waals surface area contributed by atoms with Gasteiger partial charge in [-0.2, -0.15) is 25.3 Å². The zero-order chi connectivity index (χ0) is 24.2. The number of rotatable bonds is 14. The third-order valence-corrected chi connectivity index (χ3v) is 10.7. The molecule has 3 aliphatic rings. The van der Waals surface area contributed by atoms with Crippen molar-refractivity contribution >= 4 is 25.3 Å². The Morgan fingerprint density at radius 1 is 1.06 bits per heavy atom. The van der Waals surface area contributed by atoms with Gasteiger partial charge in [-0.15, -0.1) is 0 Å². The van der Waals surface area contributed by atoms with Crippen LogP contribution in [0.4, 0.5) is 0 Å². The summed E-state index contributed by atoms with van der Waals surface area (Å²) in [6, 6.07) is 9.62. The summed E-state index contributed by atoms with van der Waals surface area (Å²) in [5.41, 5.74) is 4.47. The fourth-order valence-electron chi connectivity index (χ4n) is 8.58. The largest absolute Gasteiger partial charge is 0.179 e. The summed E-state index contributed by atoms with van der Waals surface area (Å²) in [5.74, 6) is 6.64. The maximum atomic E-state index is 4.72. The van der Waals surface area contributed by atoms with Gasteiger partial charge in [0.2, 0.25) is 0 Å². The maximum Gasteiger partial charge on any atom is -0.00953 e. The number of hydrogen-bond acceptors (Lipinski definition) is 2. The van der Waals surface area contributed by atoms with Crippen molar-refractivity contribution in [1.82, 2.24) is 0 Å². The Labute approximate surface area is 222 Å². The zero-order valence-electron chi connectivity index (χ0n) is 22.4. The minimum Gasteiger partial charge on any atom is -0.179 e. The Bertz CT molecular complexity index is 772. The van der Waals surface area contributed by atoms with Crippen molar-refractivity contribution in [1.29, 1.82) is 0 Å². The summed E-state index contributed by atoms with van der Waals surface area (Å²) in [4.78, 5) is 0. The van der Waals surface area contributed by atoms with Crippen molar-refractivity contribution in [3.8, 4) is 0 Å². The van der Waals surface area contributed by atoms with Crippen LogP contribution in [0, 0.1) is 34.5 Å². The van der Waals surface area contributed by atoms with Gasteiger partial charge in [-0.25, -0.2) is 0 Å². The minimum absolute atomic E-state index is 0.566. The molecular weight excluding hydrogens is 448 g/mol. The van der Waals surface area contributed by atoms with Crippen LogP contribution in [0.15, 0.2) is 24.3 Å². The van der Waals surface area contributed by atoms with Crippen LogP contribution in [-0.2, 0) is 6.42 Å². The van der Waals surface area contributed by atoms with Gasteiger partial charge in [0, 0.05) is 0 Å². The van der Waals surface area contributed by atoms with Crippen molar-refractivity contribution in [3.63, 3.8) is 0 Å². The van der Waals surface area contributed by atoms with E-state index in [0.29, 0.717) is 5.41 Å². The van der Waals surface area contributed by atoms with Gasteiger partial charge >= 0.3 is 0 Å². The third kappa shape index (κ3) is 6.24. The van der Waals surface area contributed by atoms with Gasteiger partial charge in [0.1, 0.15) is 0 Å². The van der Waals surface area contributed by atoms with Crippen molar-refractivity contribution in [2.45, 2.75) is 117 Å². The highest BCUT2D eigenvalue weighted by molar-refractivity contribution is 7.80. The molecule has 7 atom stereocenters. The van der Waals surface area contributed by atoms with E-state index in [1.165, 1.54) is 89.9 Å². The molecule has 0 amide bonds. The van der Waals surface area contributed by atoms with E-state index in [9.17, 15) is 0 Å². The normalized spacial score (nSPS) is 34.2. The van der Waals surface area contributed by atoms with Crippen LogP contribution in [0.25, 0.3) is 0 Å². The van der Waals surface area contributed by atoms with Crippen LogP contribution in [0.3, 0.4) is 0 Å². The highest BCUT2D eigenvalue weighted by Crippen LogP contribution is 2.68. The van der Waals surface area contributed by atoms with Crippen molar-refractivity contribution in [2.24, 2.45) is 34.5 Å². The molecule has 0 heterocycles. The first-order chi connectivity index (χ1) is 16.5. The van der Waals surface area contributed by atoms with Crippen LogP contribution in [0.1, 0.15) is 121 Å². The molecule has 192 valence electrons. The van der Waals surface area contributed by atoms with E-state index < -0.39 is 0 Å². The van der Waals surface area contributed by atoms with E-state index >= 15 is 0 Å². The van der Waals surface area contributed by atoms with Gasteiger partial charge in [0.25, 0.3) is 0 Å². The van der Waals surface area contributed by atoms with Crippen molar-refractivity contribution < 1.29 is 0 Å². The first-order valence-electron chi connectivity index (χ1n) is 14.8. The number of benzene rings is 1. The van der Waals surface area contributed by atoms with Gasteiger partial charge in [-0.1, -0.05) is 70.7 Å². The van der Waals surface area contributed by atoms with Gasteiger partial charge in [0.15, 0.2) is 0 Å². The molecule has 0 radical (unpaired) electrons. The molecule has 2 heteroatoms. The predicted molar refractivity (Wildman–Crippen MR) is 156 cm³/mol. The summed E-state index contributed by atoms with van der Waals surface area (Å²) < 4.78 is 0. The molecular formula is C32H52S2. The predicted octanol–water partition coefficient (Wildman–Crippen LogP) is 9.78. The Morgan fingerprint density at radius 3 is 2.65 bits per heavy atom.